The van der Waals surface area contributed by atoms with E-state index in [0.717, 1.165) is 24.2 Å². The van der Waals surface area contributed by atoms with E-state index in [1.165, 1.54) is 10.9 Å². The summed E-state index contributed by atoms with van der Waals surface area (Å²) in [5.41, 5.74) is 8.84. The number of aryl methyl sites for hydroxylation is 1. The maximum absolute atomic E-state index is 5.52. The summed E-state index contributed by atoms with van der Waals surface area (Å²) in [6.45, 7) is 1.63. The van der Waals surface area contributed by atoms with Crippen LogP contribution in [0.25, 0.3) is 22.2 Å². The number of nitrogens with zero attached hydrogens (tertiary/aromatic N) is 2. The van der Waals surface area contributed by atoms with E-state index in [1.54, 1.807) is 0 Å². The van der Waals surface area contributed by atoms with Gasteiger partial charge in [0.25, 0.3) is 0 Å². The summed E-state index contributed by atoms with van der Waals surface area (Å²) in [6, 6.07) is 8.31. The van der Waals surface area contributed by atoms with Gasteiger partial charge in [-0.15, -0.1) is 0 Å². The molecule has 18 heavy (non-hydrogen) atoms. The molecule has 4 heteroatoms. The van der Waals surface area contributed by atoms with E-state index in [4.69, 9.17) is 5.73 Å². The first-order valence-corrected chi connectivity index (χ1v) is 6.17. The number of aromatic nitrogens is 3. The number of hydrogen-bond acceptors (Lipinski definition) is 2. The minimum atomic E-state index is 0.709. The smallest absolute Gasteiger partial charge is 0.0953 e. The van der Waals surface area contributed by atoms with Crippen molar-refractivity contribution in [3.05, 3.63) is 43.0 Å². The summed E-state index contributed by atoms with van der Waals surface area (Å²) in [7, 11) is 0. The van der Waals surface area contributed by atoms with E-state index in [2.05, 4.69) is 38.9 Å². The second kappa shape index (κ2) is 4.66. The molecule has 0 unspecified atom stereocenters. The lowest BCUT2D eigenvalue weighted by molar-refractivity contribution is 0.650. The van der Waals surface area contributed by atoms with Gasteiger partial charge in [-0.25, -0.2) is 4.98 Å². The Hall–Kier alpha value is -2.07. The minimum Gasteiger partial charge on any atom is -0.361 e. The van der Waals surface area contributed by atoms with Gasteiger partial charge in [-0.1, -0.05) is 12.1 Å². The van der Waals surface area contributed by atoms with Crippen LogP contribution in [0.4, 0.5) is 0 Å². The highest BCUT2D eigenvalue weighted by Crippen LogP contribution is 2.26. The van der Waals surface area contributed by atoms with Crippen molar-refractivity contribution in [3.63, 3.8) is 0 Å². The maximum Gasteiger partial charge on any atom is 0.0953 e. The second-order valence-electron chi connectivity index (χ2n) is 4.38. The van der Waals surface area contributed by atoms with Crippen molar-refractivity contribution in [3.8, 4) is 11.3 Å². The molecule has 1 aromatic carbocycles. The first-order chi connectivity index (χ1) is 8.88. The summed E-state index contributed by atoms with van der Waals surface area (Å²) in [5, 5.41) is 1.21. The molecule has 0 amide bonds. The van der Waals surface area contributed by atoms with Crippen molar-refractivity contribution >= 4 is 10.9 Å². The Kier molecular flexibility index (Phi) is 2.86. The highest BCUT2D eigenvalue weighted by Gasteiger charge is 2.06. The molecule has 0 spiro atoms. The molecule has 0 aliphatic rings. The standard InChI is InChI=1S/C14H16N4/c15-6-2-8-18-9-14(17-10-18)11-3-1-4-13-12(11)5-7-16-13/h1,3-5,7,9-10,16H,2,6,8,15H2. The number of H-pyrrole nitrogens is 1. The third-order valence-electron chi connectivity index (χ3n) is 3.12. The van der Waals surface area contributed by atoms with E-state index in [9.17, 15) is 0 Å². The van der Waals surface area contributed by atoms with Gasteiger partial charge in [-0.3, -0.25) is 0 Å². The average molecular weight is 240 g/mol. The lowest BCUT2D eigenvalue weighted by Crippen LogP contribution is -2.03. The molecule has 3 aromatic rings. The van der Waals surface area contributed by atoms with Gasteiger partial charge in [-0.2, -0.15) is 0 Å². The zero-order valence-electron chi connectivity index (χ0n) is 10.1. The second-order valence-corrected chi connectivity index (χ2v) is 4.38. The fourth-order valence-electron chi connectivity index (χ4n) is 2.20. The van der Waals surface area contributed by atoms with Crippen LogP contribution in [-0.4, -0.2) is 21.1 Å². The van der Waals surface area contributed by atoms with Crippen LogP contribution in [-0.2, 0) is 6.54 Å². The molecule has 0 saturated carbocycles. The molecule has 0 radical (unpaired) electrons. The fraction of sp³-hybridized carbons (Fsp3) is 0.214. The van der Waals surface area contributed by atoms with E-state index < -0.39 is 0 Å². The Morgan fingerprint density at radius 1 is 1.28 bits per heavy atom. The zero-order chi connectivity index (χ0) is 12.4. The van der Waals surface area contributed by atoms with E-state index in [1.807, 2.05) is 18.6 Å². The molecule has 0 saturated heterocycles. The SMILES string of the molecule is NCCCn1cnc(-c2cccc3[nH]ccc23)c1. The summed E-state index contributed by atoms with van der Waals surface area (Å²) in [5.74, 6) is 0. The normalized spacial score (nSPS) is 11.2. The topological polar surface area (TPSA) is 59.6 Å². The molecular weight excluding hydrogens is 224 g/mol. The van der Waals surface area contributed by atoms with Crippen LogP contribution in [0, 0.1) is 0 Å². The molecule has 0 aliphatic carbocycles. The van der Waals surface area contributed by atoms with Gasteiger partial charge in [0.1, 0.15) is 0 Å². The summed E-state index contributed by atoms with van der Waals surface area (Å²) in [4.78, 5) is 7.70. The molecule has 4 nitrogen and oxygen atoms in total. The highest BCUT2D eigenvalue weighted by molar-refractivity contribution is 5.93. The number of nitrogens with one attached hydrogen (secondary N) is 1. The van der Waals surface area contributed by atoms with Gasteiger partial charge in [0.15, 0.2) is 0 Å². The number of hydrogen-bond donors (Lipinski definition) is 2. The molecule has 3 N–H and O–H groups in total. The Morgan fingerprint density at radius 3 is 3.11 bits per heavy atom. The average Bonchev–Trinajstić information content (AvgIpc) is 3.04. The number of imidazole rings is 1. The minimum absolute atomic E-state index is 0.709. The van der Waals surface area contributed by atoms with Crippen molar-refractivity contribution in [2.75, 3.05) is 6.54 Å². The third kappa shape index (κ3) is 1.91. The fourth-order valence-corrected chi connectivity index (χ4v) is 2.20. The van der Waals surface area contributed by atoms with Gasteiger partial charge < -0.3 is 15.3 Å². The van der Waals surface area contributed by atoms with Crippen LogP contribution in [0.3, 0.4) is 0 Å². The Bertz CT molecular complexity index is 650. The van der Waals surface area contributed by atoms with E-state index in [-0.39, 0.29) is 0 Å². The highest BCUT2D eigenvalue weighted by atomic mass is 15.0. The molecular formula is C14H16N4. The lowest BCUT2D eigenvalue weighted by atomic mass is 10.1. The molecule has 0 atom stereocenters. The monoisotopic (exact) mass is 240 g/mol. The van der Waals surface area contributed by atoms with Crippen molar-refractivity contribution < 1.29 is 0 Å². The van der Waals surface area contributed by atoms with Crippen LogP contribution in [0.15, 0.2) is 43.0 Å². The van der Waals surface area contributed by atoms with Crippen LogP contribution < -0.4 is 5.73 Å². The Morgan fingerprint density at radius 2 is 2.22 bits per heavy atom. The lowest BCUT2D eigenvalue weighted by Gasteiger charge is -2.00. The van der Waals surface area contributed by atoms with Crippen LogP contribution in [0.2, 0.25) is 0 Å². The number of fused-ring (bicyclic) bond motifs is 1. The quantitative estimate of drug-likeness (QED) is 0.735. The van der Waals surface area contributed by atoms with Crippen molar-refractivity contribution in [1.29, 1.82) is 0 Å². The van der Waals surface area contributed by atoms with Gasteiger partial charge >= 0.3 is 0 Å². The molecule has 2 aromatic heterocycles. The van der Waals surface area contributed by atoms with E-state index >= 15 is 0 Å². The van der Waals surface area contributed by atoms with Crippen molar-refractivity contribution in [2.24, 2.45) is 5.73 Å². The van der Waals surface area contributed by atoms with Gasteiger partial charge in [-0.05, 0) is 25.1 Å². The largest absolute Gasteiger partial charge is 0.361 e. The zero-order valence-corrected chi connectivity index (χ0v) is 10.1. The number of nitrogens with two attached hydrogens (primary N) is 1. The molecule has 0 fully saturated rings. The van der Waals surface area contributed by atoms with Crippen LogP contribution >= 0.6 is 0 Å². The van der Waals surface area contributed by atoms with Crippen LogP contribution in [0.5, 0.6) is 0 Å². The van der Waals surface area contributed by atoms with E-state index in [0.29, 0.717) is 6.54 Å². The number of rotatable bonds is 4. The Balaban J connectivity index is 1.98. The molecule has 92 valence electrons. The molecule has 0 aliphatic heterocycles. The first kappa shape index (κ1) is 11.0. The van der Waals surface area contributed by atoms with Crippen LogP contribution in [0.1, 0.15) is 6.42 Å². The number of aromatic amines is 1. The predicted molar refractivity (Wildman–Crippen MR) is 73.2 cm³/mol. The molecule has 0 bridgehead atoms. The van der Waals surface area contributed by atoms with Gasteiger partial charge in [0.05, 0.1) is 12.0 Å². The van der Waals surface area contributed by atoms with Gasteiger partial charge in [0.2, 0.25) is 0 Å². The third-order valence-corrected chi connectivity index (χ3v) is 3.12. The molecule has 2 heterocycles. The van der Waals surface area contributed by atoms with Gasteiger partial charge in [0, 0.05) is 35.4 Å². The Labute approximate surface area is 105 Å². The summed E-state index contributed by atoms with van der Waals surface area (Å²) < 4.78 is 2.09. The molecule has 3 rings (SSSR count). The predicted octanol–water partition coefficient (Wildman–Crippen LogP) is 2.38. The maximum atomic E-state index is 5.52. The number of benzene rings is 1. The van der Waals surface area contributed by atoms with Crippen molar-refractivity contribution in [2.45, 2.75) is 13.0 Å². The summed E-state index contributed by atoms with van der Waals surface area (Å²) in [6.07, 6.45) is 6.89. The van der Waals surface area contributed by atoms with Crippen molar-refractivity contribution in [1.82, 2.24) is 14.5 Å². The first-order valence-electron chi connectivity index (χ1n) is 6.17. The summed E-state index contributed by atoms with van der Waals surface area (Å²) >= 11 is 0.